The maximum Gasteiger partial charge on any atom is 0.343 e. The lowest BCUT2D eigenvalue weighted by Gasteiger charge is -2.47. The number of hydrogen-bond donors (Lipinski definition) is 0. The zero-order valence-electron chi connectivity index (χ0n) is 44.1. The molecule has 0 saturated heterocycles. The van der Waals surface area contributed by atoms with Crippen molar-refractivity contribution in [3.05, 3.63) is 185 Å². The Morgan fingerprint density at radius 1 is 0.458 bits per heavy atom. The molecular formula is C68H65BN2S. The molecule has 0 spiro atoms. The fraction of sp³-hybridized carbons (Fsp3) is 0.294. The second kappa shape index (κ2) is 14.7. The molecule has 0 atom stereocenters. The Morgan fingerprint density at radius 3 is 1.75 bits per heavy atom. The van der Waals surface area contributed by atoms with Crippen LogP contribution in [0.5, 0.6) is 0 Å². The fourth-order valence-electron chi connectivity index (χ4n) is 14.4. The van der Waals surface area contributed by atoms with E-state index in [-0.39, 0.29) is 33.9 Å². The highest BCUT2D eigenvalue weighted by Gasteiger charge is 2.50. The highest BCUT2D eigenvalue weighted by molar-refractivity contribution is 7.32. The van der Waals surface area contributed by atoms with Gasteiger partial charge in [-0.2, -0.15) is 0 Å². The Labute approximate surface area is 431 Å². The van der Waals surface area contributed by atoms with E-state index in [2.05, 4.69) is 243 Å². The molecule has 9 aromatic rings. The van der Waals surface area contributed by atoms with Crippen LogP contribution in [0, 0.1) is 6.92 Å². The topological polar surface area (TPSA) is 6.48 Å². The van der Waals surface area contributed by atoms with Crippen LogP contribution in [0.3, 0.4) is 0 Å². The minimum absolute atomic E-state index is 0.0504. The van der Waals surface area contributed by atoms with Gasteiger partial charge in [-0.1, -0.05) is 166 Å². The molecule has 14 rings (SSSR count). The first-order valence-corrected chi connectivity index (χ1v) is 27.5. The van der Waals surface area contributed by atoms with Crippen molar-refractivity contribution in [1.29, 1.82) is 0 Å². The molecule has 356 valence electrons. The monoisotopic (exact) mass is 952 g/mol. The summed E-state index contributed by atoms with van der Waals surface area (Å²) in [5, 5.41) is 3.98. The van der Waals surface area contributed by atoms with Crippen LogP contribution in [0.4, 0.5) is 28.4 Å². The van der Waals surface area contributed by atoms with Gasteiger partial charge in [-0.3, -0.25) is 0 Å². The summed E-state index contributed by atoms with van der Waals surface area (Å²) < 4.78 is 2.81. The van der Waals surface area contributed by atoms with E-state index in [1.807, 2.05) is 0 Å². The maximum atomic E-state index is 2.78. The van der Waals surface area contributed by atoms with Gasteiger partial charge in [0.25, 0.3) is 0 Å². The lowest BCUT2D eigenvalue weighted by Crippen LogP contribution is -2.60. The molecule has 0 saturated carbocycles. The summed E-state index contributed by atoms with van der Waals surface area (Å²) in [7, 11) is 0. The Kier molecular flexibility index (Phi) is 9.03. The standard InChI is InChI=1S/C68H65BN2S/c1-40-33-52-54(66(6,7)31-29-64(52,2)3)38-56(40)70-58-34-43-21-15-16-22-45(43)60-48-35-47-46-23-17-18-24-50(46)68(10,11)51(47)37-57(48)71(44-27-25-42(26-28-44)41-19-13-12-14-20-41)69(61(58)60)63-62(70)49-36-53-55(39-59(49)72-63)67(8,9)32-30-65(53,4)5/h12-28,33-39H,29-32H2,1-11H3. The molecule has 3 aliphatic carbocycles. The van der Waals surface area contributed by atoms with E-state index in [1.165, 1.54) is 158 Å². The molecule has 0 fully saturated rings. The molecule has 5 aliphatic rings. The van der Waals surface area contributed by atoms with Crippen LogP contribution in [-0.4, -0.2) is 6.85 Å². The van der Waals surface area contributed by atoms with Gasteiger partial charge in [0.1, 0.15) is 0 Å². The number of fused-ring (bicyclic) bond motifs is 13. The number of aryl methyl sites for hydroxylation is 1. The second-order valence-electron chi connectivity index (χ2n) is 25.4. The van der Waals surface area contributed by atoms with Crippen molar-refractivity contribution in [2.24, 2.45) is 0 Å². The number of nitrogens with zero attached hydrogens (tertiary/aromatic N) is 2. The summed E-state index contributed by atoms with van der Waals surface area (Å²) in [6.45, 7) is 27.0. The van der Waals surface area contributed by atoms with Crippen LogP contribution in [0.15, 0.2) is 146 Å². The number of thiophene rings is 1. The highest BCUT2D eigenvalue weighted by Crippen LogP contribution is 2.59. The van der Waals surface area contributed by atoms with Gasteiger partial charge in [-0.05, 0) is 186 Å². The minimum Gasteiger partial charge on any atom is -0.376 e. The summed E-state index contributed by atoms with van der Waals surface area (Å²) in [5.74, 6) is 0. The molecule has 8 aromatic carbocycles. The lowest BCUT2D eigenvalue weighted by molar-refractivity contribution is 0.332. The highest BCUT2D eigenvalue weighted by atomic mass is 32.1. The molecule has 72 heavy (non-hydrogen) atoms. The van der Waals surface area contributed by atoms with E-state index in [1.54, 1.807) is 0 Å². The predicted octanol–water partition coefficient (Wildman–Crippen LogP) is 17.7. The lowest BCUT2D eigenvalue weighted by atomic mass is 9.46. The zero-order valence-corrected chi connectivity index (χ0v) is 44.9. The molecule has 0 N–H and O–H groups in total. The van der Waals surface area contributed by atoms with Gasteiger partial charge >= 0.3 is 6.85 Å². The van der Waals surface area contributed by atoms with Crippen LogP contribution in [0.25, 0.3) is 54.2 Å². The van der Waals surface area contributed by atoms with Crippen molar-refractivity contribution in [3.63, 3.8) is 0 Å². The van der Waals surface area contributed by atoms with E-state index in [0.717, 1.165) is 0 Å². The van der Waals surface area contributed by atoms with E-state index in [4.69, 9.17) is 0 Å². The van der Waals surface area contributed by atoms with Gasteiger partial charge in [0.05, 0.1) is 5.69 Å². The Bertz CT molecular complexity index is 3810. The minimum atomic E-state index is -0.162. The van der Waals surface area contributed by atoms with Crippen LogP contribution in [-0.2, 0) is 27.1 Å². The number of anilines is 5. The second-order valence-corrected chi connectivity index (χ2v) is 26.5. The largest absolute Gasteiger partial charge is 0.376 e. The van der Waals surface area contributed by atoms with Gasteiger partial charge in [0.15, 0.2) is 0 Å². The quantitative estimate of drug-likeness (QED) is 0.163. The average Bonchev–Trinajstić information content (AvgIpc) is 3.85. The van der Waals surface area contributed by atoms with E-state index in [9.17, 15) is 0 Å². The fourth-order valence-corrected chi connectivity index (χ4v) is 15.7. The first-order chi connectivity index (χ1) is 34.3. The molecule has 0 unspecified atom stereocenters. The van der Waals surface area contributed by atoms with E-state index in [0.29, 0.717) is 0 Å². The summed E-state index contributed by atoms with van der Waals surface area (Å²) >= 11 is 2.06. The van der Waals surface area contributed by atoms with Crippen molar-refractivity contribution < 1.29 is 0 Å². The average molecular weight is 953 g/mol. The molecule has 2 aliphatic heterocycles. The SMILES string of the molecule is Cc1cc2c(cc1N1c3cc4ccccc4c4c3B(c3sc5cc6c(cc5c31)C(C)(C)CCC6(C)C)N(c1ccc(-c3ccccc3)cc1)c1cc3c(cc1-4)-c1ccccc1C3(C)C)C(C)(C)CCC2(C)C. The summed E-state index contributed by atoms with van der Waals surface area (Å²) in [5.41, 5.74) is 26.1. The number of hydrogen-bond acceptors (Lipinski definition) is 3. The molecule has 0 amide bonds. The third-order valence-electron chi connectivity index (χ3n) is 18.9. The molecule has 0 radical (unpaired) electrons. The van der Waals surface area contributed by atoms with Gasteiger partial charge in [0.2, 0.25) is 0 Å². The van der Waals surface area contributed by atoms with Crippen molar-refractivity contribution in [2.45, 2.75) is 129 Å². The normalized spacial score (nSPS) is 18.7. The maximum absolute atomic E-state index is 2.78. The zero-order chi connectivity index (χ0) is 49.6. The van der Waals surface area contributed by atoms with Crippen LogP contribution in [0.1, 0.15) is 134 Å². The van der Waals surface area contributed by atoms with Crippen LogP contribution in [0.2, 0.25) is 0 Å². The van der Waals surface area contributed by atoms with Crippen LogP contribution >= 0.6 is 11.3 Å². The predicted molar refractivity (Wildman–Crippen MR) is 311 cm³/mol. The Morgan fingerprint density at radius 2 is 1.04 bits per heavy atom. The number of rotatable bonds is 3. The first-order valence-electron chi connectivity index (χ1n) is 26.7. The van der Waals surface area contributed by atoms with E-state index >= 15 is 0 Å². The smallest absolute Gasteiger partial charge is 0.343 e. The van der Waals surface area contributed by atoms with E-state index < -0.39 is 0 Å². The molecule has 0 bridgehead atoms. The first kappa shape index (κ1) is 44.4. The third kappa shape index (κ3) is 6.02. The third-order valence-corrected chi connectivity index (χ3v) is 20.1. The van der Waals surface area contributed by atoms with Crippen LogP contribution < -0.4 is 20.0 Å². The molecule has 3 heterocycles. The Hall–Kier alpha value is -6.36. The van der Waals surface area contributed by atoms with Crippen molar-refractivity contribution in [3.8, 4) is 33.4 Å². The summed E-state index contributed by atoms with van der Waals surface area (Å²) in [6.07, 6.45) is 4.73. The molecule has 2 nitrogen and oxygen atoms in total. The van der Waals surface area contributed by atoms with Crippen molar-refractivity contribution in [1.82, 2.24) is 0 Å². The molecular weight excluding hydrogens is 888 g/mol. The van der Waals surface area contributed by atoms with Crippen molar-refractivity contribution >= 4 is 77.7 Å². The van der Waals surface area contributed by atoms with Gasteiger partial charge in [0, 0.05) is 48.6 Å². The number of benzene rings is 8. The summed E-state index contributed by atoms with van der Waals surface area (Å²) in [6, 6.07) is 57.2. The Balaban J connectivity index is 1.14. The van der Waals surface area contributed by atoms with Gasteiger partial charge in [-0.25, -0.2) is 0 Å². The molecule has 4 heteroatoms. The summed E-state index contributed by atoms with van der Waals surface area (Å²) in [4.78, 5) is 5.55. The van der Waals surface area contributed by atoms with Crippen molar-refractivity contribution in [2.75, 3.05) is 9.71 Å². The van der Waals surface area contributed by atoms with Gasteiger partial charge in [-0.15, -0.1) is 11.3 Å². The molecule has 1 aromatic heterocycles. The van der Waals surface area contributed by atoms with Gasteiger partial charge < -0.3 is 9.71 Å².